The van der Waals surface area contributed by atoms with Crippen LogP contribution in [0.25, 0.3) is 0 Å². The van der Waals surface area contributed by atoms with Gasteiger partial charge in [0.2, 0.25) is 0 Å². The van der Waals surface area contributed by atoms with Gasteiger partial charge in [0.1, 0.15) is 0 Å². The Morgan fingerprint density at radius 3 is 2.53 bits per heavy atom. The van der Waals surface area contributed by atoms with Crippen LogP contribution in [-0.2, 0) is 13.5 Å². The van der Waals surface area contributed by atoms with Crippen LogP contribution in [0.4, 0.5) is 0 Å². The SMILES string of the molecule is CNC(CCc1cnnn1C)C(C)(C)C. The molecule has 0 aliphatic carbocycles. The fraction of sp³-hybridized carbons (Fsp3) is 0.818. The highest BCUT2D eigenvalue weighted by atomic mass is 15.4. The Kier molecular flexibility index (Phi) is 3.85. The normalized spacial score (nSPS) is 14.2. The molecule has 1 N–H and O–H groups in total. The van der Waals surface area contributed by atoms with E-state index in [2.05, 4.69) is 36.4 Å². The molecule has 0 saturated heterocycles. The number of aryl methyl sites for hydroxylation is 2. The first-order chi connectivity index (χ1) is 6.95. The monoisotopic (exact) mass is 210 g/mol. The second-order valence-electron chi connectivity index (χ2n) is 5.09. The summed E-state index contributed by atoms with van der Waals surface area (Å²) in [7, 11) is 3.96. The Labute approximate surface area is 92.1 Å². The van der Waals surface area contributed by atoms with Crippen molar-refractivity contribution < 1.29 is 0 Å². The molecule has 0 aromatic carbocycles. The van der Waals surface area contributed by atoms with Gasteiger partial charge < -0.3 is 5.32 Å². The van der Waals surface area contributed by atoms with Crippen molar-refractivity contribution in [1.82, 2.24) is 20.3 Å². The summed E-state index contributed by atoms with van der Waals surface area (Å²) in [6.07, 6.45) is 3.98. The largest absolute Gasteiger partial charge is 0.316 e. The maximum Gasteiger partial charge on any atom is 0.0724 e. The van der Waals surface area contributed by atoms with Gasteiger partial charge in [-0.2, -0.15) is 0 Å². The second kappa shape index (κ2) is 4.75. The number of nitrogens with one attached hydrogen (secondary N) is 1. The van der Waals surface area contributed by atoms with Gasteiger partial charge in [0, 0.05) is 13.1 Å². The van der Waals surface area contributed by atoms with Gasteiger partial charge in [-0.15, -0.1) is 5.10 Å². The zero-order valence-electron chi connectivity index (χ0n) is 10.4. The molecule has 0 saturated carbocycles. The average molecular weight is 210 g/mol. The highest BCUT2D eigenvalue weighted by Crippen LogP contribution is 2.22. The van der Waals surface area contributed by atoms with Crippen molar-refractivity contribution in [3.63, 3.8) is 0 Å². The minimum absolute atomic E-state index is 0.292. The minimum Gasteiger partial charge on any atom is -0.316 e. The molecule has 1 aromatic heterocycles. The number of nitrogens with zero attached hydrogens (tertiary/aromatic N) is 3. The molecule has 86 valence electrons. The van der Waals surface area contributed by atoms with Gasteiger partial charge >= 0.3 is 0 Å². The van der Waals surface area contributed by atoms with Crippen molar-refractivity contribution >= 4 is 0 Å². The lowest BCUT2D eigenvalue weighted by Crippen LogP contribution is -2.38. The summed E-state index contributed by atoms with van der Waals surface area (Å²) in [5, 5.41) is 11.2. The molecule has 0 amide bonds. The third-order valence-corrected chi connectivity index (χ3v) is 2.89. The molecular formula is C11H22N4. The summed E-state index contributed by atoms with van der Waals surface area (Å²) in [6, 6.07) is 0.521. The molecule has 0 aliphatic rings. The van der Waals surface area contributed by atoms with E-state index in [1.165, 1.54) is 5.69 Å². The van der Waals surface area contributed by atoms with Gasteiger partial charge in [-0.1, -0.05) is 26.0 Å². The predicted octanol–water partition coefficient (Wildman–Crippen LogP) is 1.38. The van der Waals surface area contributed by atoms with Crippen LogP contribution in [0.3, 0.4) is 0 Å². The lowest BCUT2D eigenvalue weighted by atomic mass is 9.84. The first-order valence-electron chi connectivity index (χ1n) is 5.46. The van der Waals surface area contributed by atoms with E-state index < -0.39 is 0 Å². The summed E-state index contributed by atoms with van der Waals surface area (Å²) in [4.78, 5) is 0. The van der Waals surface area contributed by atoms with Crippen LogP contribution in [0, 0.1) is 5.41 Å². The molecule has 15 heavy (non-hydrogen) atoms. The Balaban J connectivity index is 2.52. The molecule has 4 heteroatoms. The Morgan fingerprint density at radius 1 is 1.47 bits per heavy atom. The Bertz CT molecular complexity index is 298. The molecule has 0 spiro atoms. The fourth-order valence-corrected chi connectivity index (χ4v) is 1.84. The van der Waals surface area contributed by atoms with Crippen LogP contribution >= 0.6 is 0 Å². The first kappa shape index (κ1) is 12.2. The molecular weight excluding hydrogens is 188 g/mol. The van der Waals surface area contributed by atoms with Crippen LogP contribution in [0.5, 0.6) is 0 Å². The number of hydrogen-bond donors (Lipinski definition) is 1. The van der Waals surface area contributed by atoms with Crippen LogP contribution < -0.4 is 5.32 Å². The van der Waals surface area contributed by atoms with Gasteiger partial charge in [-0.25, -0.2) is 0 Å². The molecule has 1 rings (SSSR count). The van der Waals surface area contributed by atoms with Gasteiger partial charge in [0.05, 0.1) is 11.9 Å². The zero-order valence-corrected chi connectivity index (χ0v) is 10.4. The van der Waals surface area contributed by atoms with E-state index in [9.17, 15) is 0 Å². The van der Waals surface area contributed by atoms with Crippen LogP contribution in [-0.4, -0.2) is 28.1 Å². The van der Waals surface area contributed by atoms with Gasteiger partial charge in [-0.3, -0.25) is 4.68 Å². The average Bonchev–Trinajstić information content (AvgIpc) is 2.50. The number of hydrogen-bond acceptors (Lipinski definition) is 3. The predicted molar refractivity (Wildman–Crippen MR) is 61.6 cm³/mol. The molecule has 1 heterocycles. The van der Waals surface area contributed by atoms with Gasteiger partial charge in [-0.05, 0) is 25.3 Å². The molecule has 4 nitrogen and oxygen atoms in total. The number of aromatic nitrogens is 3. The third-order valence-electron chi connectivity index (χ3n) is 2.89. The summed E-state index contributed by atoms with van der Waals surface area (Å²) >= 11 is 0. The van der Waals surface area contributed by atoms with Crippen molar-refractivity contribution in [2.45, 2.75) is 39.7 Å². The van der Waals surface area contributed by atoms with E-state index in [0.717, 1.165) is 12.8 Å². The van der Waals surface area contributed by atoms with Gasteiger partial charge in [0.15, 0.2) is 0 Å². The van der Waals surface area contributed by atoms with E-state index in [4.69, 9.17) is 0 Å². The first-order valence-corrected chi connectivity index (χ1v) is 5.46. The molecule has 1 atom stereocenters. The summed E-state index contributed by atoms with van der Waals surface area (Å²) in [5.74, 6) is 0. The van der Waals surface area contributed by atoms with Crippen molar-refractivity contribution in [1.29, 1.82) is 0 Å². The van der Waals surface area contributed by atoms with E-state index in [1.54, 1.807) is 0 Å². The molecule has 1 aromatic rings. The second-order valence-corrected chi connectivity index (χ2v) is 5.09. The number of rotatable bonds is 4. The quantitative estimate of drug-likeness (QED) is 0.816. The van der Waals surface area contributed by atoms with Crippen LogP contribution in [0.15, 0.2) is 6.20 Å². The van der Waals surface area contributed by atoms with E-state index in [0.29, 0.717) is 11.5 Å². The lowest BCUT2D eigenvalue weighted by molar-refractivity contribution is 0.266. The fourth-order valence-electron chi connectivity index (χ4n) is 1.84. The van der Waals surface area contributed by atoms with Gasteiger partial charge in [0.25, 0.3) is 0 Å². The molecule has 0 fully saturated rings. The Morgan fingerprint density at radius 2 is 2.13 bits per heavy atom. The van der Waals surface area contributed by atoms with E-state index >= 15 is 0 Å². The summed E-state index contributed by atoms with van der Waals surface area (Å²) in [5.41, 5.74) is 1.49. The topological polar surface area (TPSA) is 42.7 Å². The Hall–Kier alpha value is -0.900. The van der Waals surface area contributed by atoms with Crippen molar-refractivity contribution in [2.75, 3.05) is 7.05 Å². The van der Waals surface area contributed by atoms with Crippen LogP contribution in [0.1, 0.15) is 32.9 Å². The van der Waals surface area contributed by atoms with Crippen molar-refractivity contribution in [3.8, 4) is 0 Å². The lowest BCUT2D eigenvalue weighted by Gasteiger charge is -2.30. The molecule has 1 unspecified atom stereocenters. The minimum atomic E-state index is 0.292. The maximum absolute atomic E-state index is 3.93. The van der Waals surface area contributed by atoms with E-state index in [1.807, 2.05) is 25.0 Å². The summed E-state index contributed by atoms with van der Waals surface area (Å²) < 4.78 is 1.84. The molecule has 0 aliphatic heterocycles. The maximum atomic E-state index is 3.93. The van der Waals surface area contributed by atoms with Crippen molar-refractivity contribution in [2.24, 2.45) is 12.5 Å². The van der Waals surface area contributed by atoms with E-state index in [-0.39, 0.29) is 0 Å². The highest BCUT2D eigenvalue weighted by molar-refractivity contribution is 4.95. The highest BCUT2D eigenvalue weighted by Gasteiger charge is 2.22. The summed E-state index contributed by atoms with van der Waals surface area (Å²) in [6.45, 7) is 6.78. The van der Waals surface area contributed by atoms with Crippen LogP contribution in [0.2, 0.25) is 0 Å². The standard InChI is InChI=1S/C11H22N4/c1-11(2,3)10(12-4)7-6-9-8-13-14-15(9)5/h8,10,12H,6-7H2,1-5H3. The molecule has 0 radical (unpaired) electrons. The molecule has 0 bridgehead atoms. The third kappa shape index (κ3) is 3.30. The smallest absolute Gasteiger partial charge is 0.0724 e. The zero-order chi connectivity index (χ0) is 11.5. The van der Waals surface area contributed by atoms with Crippen molar-refractivity contribution in [3.05, 3.63) is 11.9 Å².